The molecule has 2 unspecified atom stereocenters. The second kappa shape index (κ2) is 5.55. The maximum absolute atomic E-state index is 5.77. The van der Waals surface area contributed by atoms with Crippen molar-refractivity contribution in [1.82, 2.24) is 5.32 Å². The minimum atomic E-state index is 0.569. The number of hydrogen-bond acceptors (Lipinski definition) is 3. The summed E-state index contributed by atoms with van der Waals surface area (Å²) < 4.78 is 5.37. The van der Waals surface area contributed by atoms with E-state index in [0.717, 1.165) is 23.5 Å². The van der Waals surface area contributed by atoms with Crippen LogP contribution in [0.2, 0.25) is 0 Å². The van der Waals surface area contributed by atoms with Crippen LogP contribution in [0.4, 0.5) is 5.69 Å². The van der Waals surface area contributed by atoms with E-state index in [9.17, 15) is 0 Å². The second-order valence-corrected chi connectivity index (χ2v) is 5.31. The second-order valence-electron chi connectivity index (χ2n) is 5.31. The Balaban J connectivity index is 1.59. The molecular formula is C17H20N2O. The van der Waals surface area contributed by atoms with Crippen LogP contribution in [0.15, 0.2) is 48.5 Å². The lowest BCUT2D eigenvalue weighted by Crippen LogP contribution is -2.17. The lowest BCUT2D eigenvalue weighted by Gasteiger charge is -2.10. The van der Waals surface area contributed by atoms with Crippen LogP contribution in [0.1, 0.15) is 23.5 Å². The molecule has 0 bridgehead atoms. The van der Waals surface area contributed by atoms with Gasteiger partial charge in [0.05, 0.1) is 7.11 Å². The van der Waals surface area contributed by atoms with E-state index < -0.39 is 0 Å². The summed E-state index contributed by atoms with van der Waals surface area (Å²) in [6, 6.07) is 17.1. The van der Waals surface area contributed by atoms with E-state index in [2.05, 4.69) is 35.6 Å². The van der Waals surface area contributed by atoms with Gasteiger partial charge < -0.3 is 15.8 Å². The smallest absolute Gasteiger partial charge is 0.125 e. The van der Waals surface area contributed by atoms with Crippen LogP contribution < -0.4 is 15.8 Å². The molecule has 2 aromatic carbocycles. The molecule has 1 aliphatic carbocycles. The number of nitrogens with two attached hydrogens (primary N) is 1. The van der Waals surface area contributed by atoms with Gasteiger partial charge in [-0.2, -0.15) is 0 Å². The van der Waals surface area contributed by atoms with Gasteiger partial charge >= 0.3 is 0 Å². The third kappa shape index (κ3) is 2.78. The maximum atomic E-state index is 5.77. The SMILES string of the molecule is COc1cc(N)ccc1CNC1CC1c1ccccc1. The summed E-state index contributed by atoms with van der Waals surface area (Å²) in [5, 5.41) is 3.59. The molecule has 3 nitrogen and oxygen atoms in total. The molecule has 0 aromatic heterocycles. The molecule has 1 saturated carbocycles. The summed E-state index contributed by atoms with van der Waals surface area (Å²) in [5.41, 5.74) is 9.08. The van der Waals surface area contributed by atoms with Crippen molar-refractivity contribution in [3.05, 3.63) is 59.7 Å². The van der Waals surface area contributed by atoms with Gasteiger partial charge in [-0.1, -0.05) is 36.4 Å². The molecule has 3 heteroatoms. The van der Waals surface area contributed by atoms with Gasteiger partial charge in [0.1, 0.15) is 5.75 Å². The molecule has 3 rings (SSSR count). The molecule has 104 valence electrons. The Morgan fingerprint density at radius 2 is 2.00 bits per heavy atom. The third-order valence-corrected chi connectivity index (χ3v) is 3.88. The average molecular weight is 268 g/mol. The number of benzene rings is 2. The molecule has 0 radical (unpaired) electrons. The number of ether oxygens (including phenoxy) is 1. The van der Waals surface area contributed by atoms with E-state index >= 15 is 0 Å². The molecule has 0 heterocycles. The van der Waals surface area contributed by atoms with Gasteiger partial charge in [0.25, 0.3) is 0 Å². The fraction of sp³-hybridized carbons (Fsp3) is 0.294. The first-order valence-electron chi connectivity index (χ1n) is 6.98. The molecule has 1 aliphatic rings. The van der Waals surface area contributed by atoms with E-state index in [0.29, 0.717) is 12.0 Å². The van der Waals surface area contributed by atoms with E-state index in [1.807, 2.05) is 18.2 Å². The van der Waals surface area contributed by atoms with Crippen molar-refractivity contribution in [3.63, 3.8) is 0 Å². The minimum absolute atomic E-state index is 0.569. The average Bonchev–Trinajstić information content (AvgIpc) is 3.26. The van der Waals surface area contributed by atoms with Crippen molar-refractivity contribution >= 4 is 5.69 Å². The normalized spacial score (nSPS) is 20.6. The van der Waals surface area contributed by atoms with E-state index in [1.54, 1.807) is 7.11 Å². The standard InChI is InChI=1S/C17H20N2O/c1-20-17-9-14(18)8-7-13(17)11-19-16-10-15(16)12-5-3-2-4-6-12/h2-9,15-16,19H,10-11,18H2,1H3. The van der Waals surface area contributed by atoms with Crippen molar-refractivity contribution in [2.45, 2.75) is 24.9 Å². The number of nitrogen functional groups attached to an aromatic ring is 1. The van der Waals surface area contributed by atoms with Gasteiger partial charge in [0.2, 0.25) is 0 Å². The maximum Gasteiger partial charge on any atom is 0.125 e. The topological polar surface area (TPSA) is 47.3 Å². The Kier molecular flexibility index (Phi) is 3.61. The van der Waals surface area contributed by atoms with Crippen molar-refractivity contribution in [2.75, 3.05) is 12.8 Å². The third-order valence-electron chi connectivity index (χ3n) is 3.88. The summed E-state index contributed by atoms with van der Waals surface area (Å²) >= 11 is 0. The van der Waals surface area contributed by atoms with Gasteiger partial charge in [-0.3, -0.25) is 0 Å². The summed E-state index contributed by atoms with van der Waals surface area (Å²) in [6.45, 7) is 0.817. The van der Waals surface area contributed by atoms with Crippen LogP contribution in [0, 0.1) is 0 Å². The van der Waals surface area contributed by atoms with Crippen LogP contribution in [-0.4, -0.2) is 13.2 Å². The van der Waals surface area contributed by atoms with E-state index in [4.69, 9.17) is 10.5 Å². The predicted octanol–water partition coefficient (Wildman–Crippen LogP) is 2.92. The highest BCUT2D eigenvalue weighted by molar-refractivity contribution is 5.48. The van der Waals surface area contributed by atoms with Crippen molar-refractivity contribution in [3.8, 4) is 5.75 Å². The molecule has 0 aliphatic heterocycles. The van der Waals surface area contributed by atoms with E-state index in [-0.39, 0.29) is 0 Å². The Morgan fingerprint density at radius 3 is 2.75 bits per heavy atom. The summed E-state index contributed by atoms with van der Waals surface area (Å²) in [7, 11) is 1.68. The number of hydrogen-bond donors (Lipinski definition) is 2. The zero-order valence-corrected chi connectivity index (χ0v) is 11.7. The van der Waals surface area contributed by atoms with Crippen molar-refractivity contribution in [2.24, 2.45) is 0 Å². The highest BCUT2D eigenvalue weighted by Crippen LogP contribution is 2.40. The molecule has 2 atom stereocenters. The first-order valence-corrected chi connectivity index (χ1v) is 6.98. The fourth-order valence-electron chi connectivity index (χ4n) is 2.64. The quantitative estimate of drug-likeness (QED) is 0.820. The van der Waals surface area contributed by atoms with Gasteiger partial charge in [-0.25, -0.2) is 0 Å². The number of rotatable bonds is 5. The predicted molar refractivity (Wildman–Crippen MR) is 81.8 cm³/mol. The number of nitrogens with one attached hydrogen (secondary N) is 1. The van der Waals surface area contributed by atoms with Gasteiger partial charge in [-0.05, 0) is 18.1 Å². The lowest BCUT2D eigenvalue weighted by molar-refractivity contribution is 0.408. The Morgan fingerprint density at radius 1 is 1.20 bits per heavy atom. The minimum Gasteiger partial charge on any atom is -0.496 e. The molecule has 0 spiro atoms. The van der Waals surface area contributed by atoms with Crippen molar-refractivity contribution in [1.29, 1.82) is 0 Å². The highest BCUT2D eigenvalue weighted by atomic mass is 16.5. The Labute approximate surface area is 119 Å². The summed E-state index contributed by atoms with van der Waals surface area (Å²) in [4.78, 5) is 0. The monoisotopic (exact) mass is 268 g/mol. The van der Waals surface area contributed by atoms with Crippen LogP contribution in [0.5, 0.6) is 5.75 Å². The molecule has 20 heavy (non-hydrogen) atoms. The van der Waals surface area contributed by atoms with Crippen molar-refractivity contribution < 1.29 is 4.74 Å². The largest absolute Gasteiger partial charge is 0.496 e. The highest BCUT2D eigenvalue weighted by Gasteiger charge is 2.37. The van der Waals surface area contributed by atoms with Gasteiger partial charge in [0.15, 0.2) is 0 Å². The van der Waals surface area contributed by atoms with Crippen LogP contribution in [0.25, 0.3) is 0 Å². The summed E-state index contributed by atoms with van der Waals surface area (Å²) in [6.07, 6.45) is 1.21. The van der Waals surface area contributed by atoms with Gasteiger partial charge in [-0.15, -0.1) is 0 Å². The molecule has 2 aromatic rings. The zero-order chi connectivity index (χ0) is 13.9. The molecule has 0 saturated heterocycles. The van der Waals surface area contributed by atoms with E-state index in [1.165, 1.54) is 12.0 Å². The summed E-state index contributed by atoms with van der Waals surface area (Å²) in [5.74, 6) is 1.50. The number of anilines is 1. The zero-order valence-electron chi connectivity index (χ0n) is 11.7. The number of methoxy groups -OCH3 is 1. The van der Waals surface area contributed by atoms with Crippen LogP contribution >= 0.6 is 0 Å². The fourth-order valence-corrected chi connectivity index (χ4v) is 2.64. The van der Waals surface area contributed by atoms with Crippen LogP contribution in [0.3, 0.4) is 0 Å². The molecule has 1 fully saturated rings. The van der Waals surface area contributed by atoms with Gasteiger partial charge in [0, 0.05) is 35.8 Å². The first kappa shape index (κ1) is 13.0. The first-order chi connectivity index (χ1) is 9.78. The molecule has 3 N–H and O–H groups in total. The van der Waals surface area contributed by atoms with Crippen LogP contribution in [-0.2, 0) is 6.54 Å². The molecule has 0 amide bonds. The Bertz CT molecular complexity index is 583. The Hall–Kier alpha value is -2.00. The molecular weight excluding hydrogens is 248 g/mol. The lowest BCUT2D eigenvalue weighted by atomic mass is 10.1.